The van der Waals surface area contributed by atoms with Crippen molar-refractivity contribution in [1.82, 2.24) is 9.80 Å². The minimum atomic E-state index is -1.14. The molecule has 1 aliphatic rings. The average molecular weight is 266 g/mol. The Bertz CT molecular complexity index is 514. The normalized spacial score (nSPS) is 15.4. The highest BCUT2D eigenvalue weighted by molar-refractivity contribution is 5.95. The van der Waals surface area contributed by atoms with E-state index in [1.54, 1.807) is 9.80 Å². The summed E-state index contributed by atoms with van der Waals surface area (Å²) in [4.78, 5) is 37.1. The van der Waals surface area contributed by atoms with E-state index in [0.717, 1.165) is 6.26 Å². The van der Waals surface area contributed by atoms with Crippen molar-refractivity contribution < 1.29 is 23.9 Å². The van der Waals surface area contributed by atoms with Gasteiger partial charge in [-0.05, 0) is 0 Å². The number of aromatic carboxylic acids is 1. The topological polar surface area (TPSA) is 91.1 Å². The number of carboxylic acid groups (broad SMARTS) is 1. The number of hydrogen-bond acceptors (Lipinski definition) is 4. The zero-order valence-corrected chi connectivity index (χ0v) is 10.5. The molecule has 0 aliphatic carbocycles. The molecule has 1 aromatic heterocycles. The van der Waals surface area contributed by atoms with Gasteiger partial charge in [-0.15, -0.1) is 0 Å². The molecule has 1 aromatic rings. The Kier molecular flexibility index (Phi) is 3.55. The molecule has 0 spiro atoms. The van der Waals surface area contributed by atoms with Gasteiger partial charge < -0.3 is 19.3 Å². The standard InChI is InChI=1S/C12H14N2O5/c1-8(15)13-2-4-14(5-3-13)11(16)10-6-9(7-19-10)12(17)18/h6-7H,2-5H2,1H3,(H,17,18). The van der Waals surface area contributed by atoms with Crippen LogP contribution in [-0.2, 0) is 4.79 Å². The summed E-state index contributed by atoms with van der Waals surface area (Å²) in [6.07, 6.45) is 1.04. The Hall–Kier alpha value is -2.31. The van der Waals surface area contributed by atoms with Crippen LogP contribution in [0.25, 0.3) is 0 Å². The lowest BCUT2D eigenvalue weighted by Gasteiger charge is -2.33. The fraction of sp³-hybridized carbons (Fsp3) is 0.417. The number of nitrogens with zero attached hydrogens (tertiary/aromatic N) is 2. The molecule has 1 aliphatic heterocycles. The molecule has 1 saturated heterocycles. The quantitative estimate of drug-likeness (QED) is 0.830. The van der Waals surface area contributed by atoms with Gasteiger partial charge in [-0.1, -0.05) is 0 Å². The summed E-state index contributed by atoms with van der Waals surface area (Å²) in [5, 5.41) is 8.76. The van der Waals surface area contributed by atoms with Crippen LogP contribution in [0, 0.1) is 0 Å². The third-order valence-electron chi connectivity index (χ3n) is 3.07. The molecule has 19 heavy (non-hydrogen) atoms. The van der Waals surface area contributed by atoms with E-state index in [1.807, 2.05) is 0 Å². The smallest absolute Gasteiger partial charge is 0.338 e. The Balaban J connectivity index is 2.01. The molecule has 1 N–H and O–H groups in total. The van der Waals surface area contributed by atoms with Crippen LogP contribution < -0.4 is 0 Å². The van der Waals surface area contributed by atoms with Gasteiger partial charge in [0.1, 0.15) is 6.26 Å². The molecule has 1 fully saturated rings. The van der Waals surface area contributed by atoms with Gasteiger partial charge in [0.05, 0.1) is 5.56 Å². The summed E-state index contributed by atoms with van der Waals surface area (Å²) < 4.78 is 4.96. The van der Waals surface area contributed by atoms with E-state index >= 15 is 0 Å². The minimum absolute atomic E-state index is 0.00803. The van der Waals surface area contributed by atoms with E-state index in [9.17, 15) is 14.4 Å². The Labute approximate surface area is 109 Å². The third kappa shape index (κ3) is 2.75. The van der Waals surface area contributed by atoms with E-state index in [1.165, 1.54) is 13.0 Å². The molecule has 2 amide bonds. The highest BCUT2D eigenvalue weighted by Crippen LogP contribution is 2.12. The van der Waals surface area contributed by atoms with Gasteiger partial charge in [0.2, 0.25) is 5.91 Å². The van der Waals surface area contributed by atoms with Crippen LogP contribution in [0.2, 0.25) is 0 Å². The predicted molar refractivity (Wildman–Crippen MR) is 63.8 cm³/mol. The van der Waals surface area contributed by atoms with Crippen molar-refractivity contribution in [3.05, 3.63) is 23.7 Å². The van der Waals surface area contributed by atoms with Crippen molar-refractivity contribution in [3.63, 3.8) is 0 Å². The molecule has 0 unspecified atom stereocenters. The Morgan fingerprint density at radius 3 is 2.21 bits per heavy atom. The van der Waals surface area contributed by atoms with Gasteiger partial charge in [0.25, 0.3) is 5.91 Å². The second kappa shape index (κ2) is 5.13. The molecule has 0 aromatic carbocycles. The SMILES string of the molecule is CC(=O)N1CCN(C(=O)c2cc(C(=O)O)co2)CC1. The number of furan rings is 1. The average Bonchev–Trinajstić information content (AvgIpc) is 2.87. The van der Waals surface area contributed by atoms with Crippen LogP contribution in [0.1, 0.15) is 27.8 Å². The zero-order valence-electron chi connectivity index (χ0n) is 10.5. The summed E-state index contributed by atoms with van der Waals surface area (Å²) in [6.45, 7) is 3.29. The van der Waals surface area contributed by atoms with Crippen molar-refractivity contribution in [1.29, 1.82) is 0 Å². The number of amides is 2. The van der Waals surface area contributed by atoms with Gasteiger partial charge in [-0.3, -0.25) is 9.59 Å². The fourth-order valence-electron chi connectivity index (χ4n) is 1.94. The lowest BCUT2D eigenvalue weighted by Crippen LogP contribution is -2.50. The monoisotopic (exact) mass is 266 g/mol. The van der Waals surface area contributed by atoms with E-state index in [4.69, 9.17) is 9.52 Å². The predicted octanol–water partition coefficient (Wildman–Crippen LogP) is 0.282. The first kappa shape index (κ1) is 13.1. The summed E-state index contributed by atoms with van der Waals surface area (Å²) in [5.74, 6) is -1.49. The molecule has 0 bridgehead atoms. The molecule has 102 valence electrons. The third-order valence-corrected chi connectivity index (χ3v) is 3.07. The first-order chi connectivity index (χ1) is 8.99. The fourth-order valence-corrected chi connectivity index (χ4v) is 1.94. The summed E-state index contributed by atoms with van der Waals surface area (Å²) >= 11 is 0. The second-order valence-electron chi connectivity index (χ2n) is 4.30. The van der Waals surface area contributed by atoms with Crippen molar-refractivity contribution in [2.75, 3.05) is 26.2 Å². The van der Waals surface area contributed by atoms with Crippen LogP contribution in [0.15, 0.2) is 16.7 Å². The lowest BCUT2D eigenvalue weighted by atomic mass is 10.2. The van der Waals surface area contributed by atoms with E-state index < -0.39 is 5.97 Å². The van der Waals surface area contributed by atoms with Crippen molar-refractivity contribution in [2.24, 2.45) is 0 Å². The van der Waals surface area contributed by atoms with Crippen LogP contribution in [0.5, 0.6) is 0 Å². The molecular weight excluding hydrogens is 252 g/mol. The Morgan fingerprint density at radius 2 is 1.74 bits per heavy atom. The number of rotatable bonds is 2. The lowest BCUT2D eigenvalue weighted by molar-refractivity contribution is -0.130. The van der Waals surface area contributed by atoms with Gasteiger partial charge in [0, 0.05) is 39.2 Å². The van der Waals surface area contributed by atoms with Crippen molar-refractivity contribution in [3.8, 4) is 0 Å². The summed E-state index contributed by atoms with van der Waals surface area (Å²) in [7, 11) is 0. The van der Waals surface area contributed by atoms with E-state index in [2.05, 4.69) is 0 Å². The highest BCUT2D eigenvalue weighted by atomic mass is 16.4. The number of carbonyl (C=O) groups excluding carboxylic acids is 2. The van der Waals surface area contributed by atoms with Gasteiger partial charge in [-0.25, -0.2) is 4.79 Å². The van der Waals surface area contributed by atoms with Gasteiger partial charge in [0.15, 0.2) is 5.76 Å². The molecule has 7 nitrogen and oxygen atoms in total. The van der Waals surface area contributed by atoms with Gasteiger partial charge in [-0.2, -0.15) is 0 Å². The summed E-state index contributed by atoms with van der Waals surface area (Å²) in [6, 6.07) is 1.21. The summed E-state index contributed by atoms with van der Waals surface area (Å²) in [5.41, 5.74) is -0.0503. The second-order valence-corrected chi connectivity index (χ2v) is 4.30. The zero-order chi connectivity index (χ0) is 14.0. The number of carboxylic acids is 1. The maximum Gasteiger partial charge on any atom is 0.338 e. The van der Waals surface area contributed by atoms with E-state index in [0.29, 0.717) is 26.2 Å². The number of hydrogen-bond donors (Lipinski definition) is 1. The first-order valence-corrected chi connectivity index (χ1v) is 5.85. The molecule has 0 atom stereocenters. The minimum Gasteiger partial charge on any atom is -0.478 e. The Morgan fingerprint density at radius 1 is 1.16 bits per heavy atom. The molecule has 0 saturated carbocycles. The molecule has 0 radical (unpaired) electrons. The van der Waals surface area contributed by atoms with Crippen molar-refractivity contribution in [2.45, 2.75) is 6.92 Å². The largest absolute Gasteiger partial charge is 0.478 e. The maximum absolute atomic E-state index is 12.0. The van der Waals surface area contributed by atoms with Crippen LogP contribution in [0.4, 0.5) is 0 Å². The van der Waals surface area contributed by atoms with Crippen molar-refractivity contribution >= 4 is 17.8 Å². The molecule has 2 rings (SSSR count). The molecule has 7 heteroatoms. The number of carbonyl (C=O) groups is 3. The van der Waals surface area contributed by atoms with Crippen LogP contribution in [0.3, 0.4) is 0 Å². The van der Waals surface area contributed by atoms with Gasteiger partial charge >= 0.3 is 5.97 Å². The molecule has 2 heterocycles. The maximum atomic E-state index is 12.0. The first-order valence-electron chi connectivity index (χ1n) is 5.85. The highest BCUT2D eigenvalue weighted by Gasteiger charge is 2.25. The van der Waals surface area contributed by atoms with Crippen LogP contribution in [-0.4, -0.2) is 58.9 Å². The van der Waals surface area contributed by atoms with E-state index in [-0.39, 0.29) is 23.1 Å². The van der Waals surface area contributed by atoms with Crippen LogP contribution >= 0.6 is 0 Å². The molecular formula is C12H14N2O5. The number of piperazine rings is 1.